The van der Waals surface area contributed by atoms with Gasteiger partial charge in [0.1, 0.15) is 11.6 Å². The van der Waals surface area contributed by atoms with E-state index in [0.717, 1.165) is 16.9 Å². The number of benzene rings is 2. The van der Waals surface area contributed by atoms with Crippen molar-refractivity contribution in [3.8, 4) is 5.75 Å². The lowest BCUT2D eigenvalue weighted by Gasteiger charge is -2.18. The fourth-order valence-corrected chi connectivity index (χ4v) is 2.80. The van der Waals surface area contributed by atoms with Crippen LogP contribution in [0.25, 0.3) is 0 Å². The van der Waals surface area contributed by atoms with E-state index >= 15 is 0 Å². The van der Waals surface area contributed by atoms with Crippen LogP contribution in [0, 0.1) is 5.82 Å². The molecule has 2 aromatic carbocycles. The molecule has 0 aliphatic carbocycles. The molecule has 2 aromatic rings. The molecule has 0 bridgehead atoms. The Hall–Kier alpha value is -2.36. The van der Waals surface area contributed by atoms with E-state index in [4.69, 9.17) is 4.74 Å². The van der Waals surface area contributed by atoms with Crippen molar-refractivity contribution in [3.63, 3.8) is 0 Å². The summed E-state index contributed by atoms with van der Waals surface area (Å²) < 4.78 is 19.4. The largest absolute Gasteiger partial charge is 0.494 e. The Morgan fingerprint density at radius 2 is 2.00 bits per heavy atom. The second kappa shape index (κ2) is 6.18. The minimum atomic E-state index is -0.324. The Labute approximate surface area is 129 Å². The van der Waals surface area contributed by atoms with Gasteiger partial charge in [0.15, 0.2) is 0 Å². The molecule has 0 fully saturated rings. The Morgan fingerprint density at radius 3 is 2.73 bits per heavy atom. The van der Waals surface area contributed by atoms with Crippen LogP contribution in [0.5, 0.6) is 5.75 Å². The second-order valence-corrected chi connectivity index (χ2v) is 5.30. The van der Waals surface area contributed by atoms with E-state index in [1.807, 2.05) is 37.3 Å². The highest BCUT2D eigenvalue weighted by Crippen LogP contribution is 2.31. The van der Waals surface area contributed by atoms with Gasteiger partial charge < -0.3 is 9.64 Å². The average Bonchev–Trinajstić information content (AvgIpc) is 2.95. The maximum atomic E-state index is 14.0. The van der Waals surface area contributed by atoms with Gasteiger partial charge in [-0.05, 0) is 42.7 Å². The van der Waals surface area contributed by atoms with E-state index in [2.05, 4.69) is 0 Å². The first-order valence-corrected chi connectivity index (χ1v) is 7.48. The number of rotatable bonds is 4. The summed E-state index contributed by atoms with van der Waals surface area (Å²) in [5, 5.41) is 0. The van der Waals surface area contributed by atoms with Crippen LogP contribution in [0.15, 0.2) is 42.5 Å². The van der Waals surface area contributed by atoms with Gasteiger partial charge in [-0.3, -0.25) is 4.79 Å². The van der Waals surface area contributed by atoms with Gasteiger partial charge in [-0.15, -0.1) is 0 Å². The second-order valence-electron chi connectivity index (χ2n) is 5.30. The summed E-state index contributed by atoms with van der Waals surface area (Å²) in [6.07, 6.45) is 0.974. The van der Waals surface area contributed by atoms with E-state index in [0.29, 0.717) is 25.3 Å². The van der Waals surface area contributed by atoms with Gasteiger partial charge >= 0.3 is 0 Å². The van der Waals surface area contributed by atoms with Crippen LogP contribution in [0.2, 0.25) is 0 Å². The van der Waals surface area contributed by atoms with Crippen molar-refractivity contribution >= 4 is 11.6 Å². The van der Waals surface area contributed by atoms with Crippen LogP contribution in [0.4, 0.5) is 10.1 Å². The third-order valence-corrected chi connectivity index (χ3v) is 3.84. The maximum Gasteiger partial charge on any atom is 0.231 e. The van der Waals surface area contributed by atoms with E-state index in [1.54, 1.807) is 11.0 Å². The summed E-state index contributed by atoms with van der Waals surface area (Å²) in [6, 6.07) is 12.4. The van der Waals surface area contributed by atoms with Crippen molar-refractivity contribution in [2.75, 3.05) is 18.1 Å². The van der Waals surface area contributed by atoms with Gasteiger partial charge in [0.2, 0.25) is 5.91 Å². The lowest BCUT2D eigenvalue weighted by molar-refractivity contribution is -0.117. The van der Waals surface area contributed by atoms with Crippen molar-refractivity contribution in [1.82, 2.24) is 0 Å². The molecule has 4 heteroatoms. The molecular formula is C18H18FNO2. The minimum absolute atomic E-state index is 0.0759. The van der Waals surface area contributed by atoms with E-state index in [1.165, 1.54) is 6.07 Å². The number of fused-ring (bicyclic) bond motifs is 1. The summed E-state index contributed by atoms with van der Waals surface area (Å²) in [5.41, 5.74) is 2.25. The number of ether oxygens (including phenoxy) is 1. The Morgan fingerprint density at radius 1 is 1.23 bits per heavy atom. The minimum Gasteiger partial charge on any atom is -0.494 e. The highest BCUT2D eigenvalue weighted by atomic mass is 19.1. The van der Waals surface area contributed by atoms with Gasteiger partial charge in [0.25, 0.3) is 0 Å². The lowest BCUT2D eigenvalue weighted by atomic mass is 10.1. The van der Waals surface area contributed by atoms with Crippen LogP contribution in [0.1, 0.15) is 18.1 Å². The highest BCUT2D eigenvalue weighted by Gasteiger charge is 2.27. The fraction of sp³-hybridized carbons (Fsp3) is 0.278. The maximum absolute atomic E-state index is 14.0. The molecule has 22 heavy (non-hydrogen) atoms. The lowest BCUT2D eigenvalue weighted by Crippen LogP contribution is -2.31. The number of hydrogen-bond donors (Lipinski definition) is 0. The molecule has 0 saturated carbocycles. The molecule has 1 aliphatic heterocycles. The number of nitrogens with zero attached hydrogens (tertiary/aromatic N) is 1. The molecule has 0 atom stereocenters. The number of halogens is 1. The molecule has 1 heterocycles. The van der Waals surface area contributed by atoms with Crippen LogP contribution in [0.3, 0.4) is 0 Å². The van der Waals surface area contributed by atoms with Crippen LogP contribution in [-0.2, 0) is 17.6 Å². The number of anilines is 1. The normalized spacial score (nSPS) is 13.1. The van der Waals surface area contributed by atoms with E-state index < -0.39 is 0 Å². The molecule has 0 radical (unpaired) electrons. The summed E-state index contributed by atoms with van der Waals surface area (Å²) >= 11 is 0. The zero-order valence-electron chi connectivity index (χ0n) is 12.5. The first-order valence-electron chi connectivity index (χ1n) is 7.48. The fourth-order valence-electron chi connectivity index (χ4n) is 2.80. The molecule has 0 unspecified atom stereocenters. The van der Waals surface area contributed by atoms with Crippen molar-refractivity contribution < 1.29 is 13.9 Å². The van der Waals surface area contributed by atoms with Crippen LogP contribution >= 0.6 is 0 Å². The molecule has 0 aromatic heterocycles. The Balaban J connectivity index is 1.74. The Bertz CT molecular complexity index is 682. The van der Waals surface area contributed by atoms with Gasteiger partial charge in [-0.25, -0.2) is 4.39 Å². The molecular weight excluding hydrogens is 281 g/mol. The molecule has 1 aliphatic rings. The number of amides is 1. The summed E-state index contributed by atoms with van der Waals surface area (Å²) in [6.45, 7) is 3.09. The molecule has 3 nitrogen and oxygen atoms in total. The van der Waals surface area contributed by atoms with Gasteiger partial charge in [0, 0.05) is 6.54 Å². The van der Waals surface area contributed by atoms with E-state index in [9.17, 15) is 9.18 Å². The quantitative estimate of drug-likeness (QED) is 0.866. The summed E-state index contributed by atoms with van der Waals surface area (Å²) in [7, 11) is 0. The topological polar surface area (TPSA) is 29.5 Å². The number of para-hydroxylation sites is 1. The molecule has 0 saturated heterocycles. The highest BCUT2D eigenvalue weighted by molar-refractivity contribution is 5.96. The average molecular weight is 299 g/mol. The SMILES string of the molecule is CCOc1ccc(CC(=O)N2CCc3cccc(F)c32)cc1. The zero-order valence-corrected chi connectivity index (χ0v) is 12.5. The molecule has 0 spiro atoms. The summed E-state index contributed by atoms with van der Waals surface area (Å²) in [4.78, 5) is 14.0. The van der Waals surface area contributed by atoms with Gasteiger partial charge in [-0.2, -0.15) is 0 Å². The van der Waals surface area contributed by atoms with Crippen LogP contribution < -0.4 is 9.64 Å². The van der Waals surface area contributed by atoms with Gasteiger partial charge in [0.05, 0.1) is 18.7 Å². The standard InChI is InChI=1S/C18H18FNO2/c1-2-22-15-8-6-13(7-9-15)12-17(21)20-11-10-14-4-3-5-16(19)18(14)20/h3-9H,2,10-12H2,1H3. The zero-order chi connectivity index (χ0) is 15.5. The van der Waals surface area contributed by atoms with Crippen molar-refractivity contribution in [2.45, 2.75) is 19.8 Å². The van der Waals surface area contributed by atoms with Crippen molar-refractivity contribution in [3.05, 3.63) is 59.4 Å². The monoisotopic (exact) mass is 299 g/mol. The third kappa shape index (κ3) is 2.82. The van der Waals surface area contributed by atoms with E-state index in [-0.39, 0.29) is 18.1 Å². The first-order chi connectivity index (χ1) is 10.7. The number of carbonyl (C=O) groups is 1. The Kier molecular flexibility index (Phi) is 4.09. The van der Waals surface area contributed by atoms with Crippen LogP contribution in [-0.4, -0.2) is 19.1 Å². The first kappa shape index (κ1) is 14.6. The van der Waals surface area contributed by atoms with Crippen molar-refractivity contribution in [2.24, 2.45) is 0 Å². The predicted octanol–water partition coefficient (Wildman–Crippen LogP) is 3.36. The predicted molar refractivity (Wildman–Crippen MR) is 83.8 cm³/mol. The van der Waals surface area contributed by atoms with Gasteiger partial charge in [-0.1, -0.05) is 24.3 Å². The molecule has 1 amide bonds. The molecule has 114 valence electrons. The summed E-state index contributed by atoms with van der Waals surface area (Å²) in [5.74, 6) is 0.388. The molecule has 3 rings (SSSR count). The number of hydrogen-bond acceptors (Lipinski definition) is 2. The number of carbonyl (C=O) groups excluding carboxylic acids is 1. The smallest absolute Gasteiger partial charge is 0.231 e. The van der Waals surface area contributed by atoms with Crippen molar-refractivity contribution in [1.29, 1.82) is 0 Å². The molecule has 0 N–H and O–H groups in total. The third-order valence-electron chi connectivity index (χ3n) is 3.84.